The van der Waals surface area contributed by atoms with Gasteiger partial charge in [-0.3, -0.25) is 19.3 Å². The molecule has 3 aliphatic heterocycles. The van der Waals surface area contributed by atoms with Crippen molar-refractivity contribution in [1.29, 1.82) is 0 Å². The van der Waals surface area contributed by atoms with Crippen LogP contribution in [0.1, 0.15) is 69.1 Å². The van der Waals surface area contributed by atoms with E-state index in [0.717, 1.165) is 68.6 Å². The Balaban J connectivity index is 1.26. The van der Waals surface area contributed by atoms with Gasteiger partial charge in [0.25, 0.3) is 0 Å². The Morgan fingerprint density at radius 1 is 0.932 bits per heavy atom. The van der Waals surface area contributed by atoms with Gasteiger partial charge in [0, 0.05) is 76.3 Å². The van der Waals surface area contributed by atoms with Gasteiger partial charge in [0.2, 0.25) is 17.7 Å². The van der Waals surface area contributed by atoms with Crippen molar-refractivity contribution in [2.24, 2.45) is 5.92 Å². The summed E-state index contributed by atoms with van der Waals surface area (Å²) in [5.74, 6) is 0.222. The van der Waals surface area contributed by atoms with Gasteiger partial charge in [-0.15, -0.1) is 0 Å². The number of rotatable bonds is 9. The average molecular weight is 622 g/mol. The number of hydrogen-bond acceptors (Lipinski definition) is 5. The number of hydrogen-bond donors (Lipinski definition) is 2. The quantitative estimate of drug-likeness (QED) is 0.438. The molecule has 9 heteroatoms. The molecule has 3 aliphatic rings. The van der Waals surface area contributed by atoms with E-state index in [2.05, 4.69) is 35.4 Å². The number of amides is 3. The van der Waals surface area contributed by atoms with Gasteiger partial charge in [-0.1, -0.05) is 61.8 Å². The maximum Gasteiger partial charge on any atom is 0.245 e. The van der Waals surface area contributed by atoms with Gasteiger partial charge in [0.05, 0.1) is 5.92 Å². The lowest BCUT2D eigenvalue weighted by Gasteiger charge is -2.46. The fourth-order valence-corrected chi connectivity index (χ4v) is 7.35. The Bertz CT molecular complexity index is 1290. The zero-order chi connectivity index (χ0) is 31.2. The Hall–Kier alpha value is -2.94. The Labute approximate surface area is 267 Å². The number of likely N-dealkylation sites (tertiary alicyclic amines) is 2. The van der Waals surface area contributed by atoms with E-state index in [1.807, 2.05) is 52.3 Å². The van der Waals surface area contributed by atoms with Crippen LogP contribution in [-0.2, 0) is 27.3 Å². The normalized spacial score (nSPS) is 20.5. The van der Waals surface area contributed by atoms with Gasteiger partial charge in [0.1, 0.15) is 6.04 Å². The molecule has 0 bridgehead atoms. The lowest BCUT2D eigenvalue weighted by molar-refractivity contribution is -0.138. The molecule has 0 aromatic heterocycles. The molecule has 238 valence electrons. The second kappa shape index (κ2) is 14.9. The zero-order valence-electron chi connectivity index (χ0n) is 26.4. The molecule has 2 aromatic carbocycles. The standard InChI is InChI=1S/C35H48ClN5O3/c1-24(2)23-41(29-12-16-39(17-13-29)25(3)42)30-14-18-40(19-15-30)35(44)33(20-26-8-10-28(36)11-9-26)38-34(43)32-22-37-21-27-6-4-5-7-31(27)32/h4-11,24,29-30,32-33,37H,12-23H2,1-3H3,(H,38,43). The van der Waals surface area contributed by atoms with E-state index < -0.39 is 6.04 Å². The molecule has 0 aliphatic carbocycles. The Kier molecular flexibility index (Phi) is 11.0. The van der Waals surface area contributed by atoms with Crippen LogP contribution in [0.25, 0.3) is 0 Å². The lowest BCUT2D eigenvalue weighted by Crippen LogP contribution is -2.57. The smallest absolute Gasteiger partial charge is 0.245 e. The molecule has 0 spiro atoms. The molecule has 3 heterocycles. The van der Waals surface area contributed by atoms with Crippen molar-refractivity contribution in [2.75, 3.05) is 39.3 Å². The first-order valence-electron chi connectivity index (χ1n) is 16.3. The summed E-state index contributed by atoms with van der Waals surface area (Å²) in [4.78, 5) is 46.3. The van der Waals surface area contributed by atoms with Crippen LogP contribution in [0, 0.1) is 5.92 Å². The summed E-state index contributed by atoms with van der Waals surface area (Å²) in [6, 6.07) is 15.8. The van der Waals surface area contributed by atoms with E-state index in [9.17, 15) is 14.4 Å². The first kappa shape index (κ1) is 32.5. The van der Waals surface area contributed by atoms with Gasteiger partial charge in [-0.25, -0.2) is 0 Å². The SMILES string of the molecule is CC(=O)N1CCC(N(CC(C)C)C2CCN(C(=O)C(Cc3ccc(Cl)cc3)NC(=O)C3CNCc4ccccc43)CC2)CC1. The van der Waals surface area contributed by atoms with Crippen molar-refractivity contribution in [3.8, 4) is 0 Å². The Morgan fingerprint density at radius 2 is 1.55 bits per heavy atom. The molecule has 2 aromatic rings. The summed E-state index contributed by atoms with van der Waals surface area (Å²) in [6.07, 6.45) is 4.23. The van der Waals surface area contributed by atoms with E-state index in [4.69, 9.17) is 11.6 Å². The molecule has 2 unspecified atom stereocenters. The molecular formula is C35H48ClN5O3. The largest absolute Gasteiger partial charge is 0.343 e. The fraction of sp³-hybridized carbons (Fsp3) is 0.571. The molecule has 2 saturated heterocycles. The van der Waals surface area contributed by atoms with Crippen molar-refractivity contribution in [2.45, 2.75) is 83.5 Å². The number of nitrogens with one attached hydrogen (secondary N) is 2. The first-order valence-corrected chi connectivity index (χ1v) is 16.7. The second-order valence-corrected chi connectivity index (χ2v) is 13.6. The summed E-state index contributed by atoms with van der Waals surface area (Å²) < 4.78 is 0. The number of nitrogens with zero attached hydrogens (tertiary/aromatic N) is 3. The van der Waals surface area contributed by atoms with E-state index in [0.29, 0.717) is 49.1 Å². The highest BCUT2D eigenvalue weighted by Crippen LogP contribution is 2.27. The molecular weight excluding hydrogens is 574 g/mol. The van der Waals surface area contributed by atoms with Crippen molar-refractivity contribution in [3.63, 3.8) is 0 Å². The maximum atomic E-state index is 14.1. The van der Waals surface area contributed by atoms with Gasteiger partial charge in [-0.05, 0) is 60.4 Å². The molecule has 2 atom stereocenters. The van der Waals surface area contributed by atoms with Crippen molar-refractivity contribution >= 4 is 29.3 Å². The van der Waals surface area contributed by atoms with Crippen LogP contribution in [0.3, 0.4) is 0 Å². The van der Waals surface area contributed by atoms with Crippen LogP contribution in [0.5, 0.6) is 0 Å². The van der Waals surface area contributed by atoms with Gasteiger partial charge >= 0.3 is 0 Å². The number of piperidine rings is 2. The zero-order valence-corrected chi connectivity index (χ0v) is 27.2. The highest BCUT2D eigenvalue weighted by molar-refractivity contribution is 6.30. The van der Waals surface area contributed by atoms with E-state index in [1.165, 1.54) is 0 Å². The minimum Gasteiger partial charge on any atom is -0.343 e. The van der Waals surface area contributed by atoms with E-state index >= 15 is 0 Å². The summed E-state index contributed by atoms with van der Waals surface area (Å²) in [7, 11) is 0. The van der Waals surface area contributed by atoms with Crippen molar-refractivity contribution in [1.82, 2.24) is 25.3 Å². The van der Waals surface area contributed by atoms with Crippen molar-refractivity contribution < 1.29 is 14.4 Å². The van der Waals surface area contributed by atoms with Crippen LogP contribution in [0.15, 0.2) is 48.5 Å². The predicted octanol–water partition coefficient (Wildman–Crippen LogP) is 4.21. The van der Waals surface area contributed by atoms with E-state index in [1.54, 1.807) is 6.92 Å². The van der Waals surface area contributed by atoms with Gasteiger partial charge < -0.3 is 20.4 Å². The maximum absolute atomic E-state index is 14.1. The van der Waals surface area contributed by atoms with Gasteiger partial charge in [-0.2, -0.15) is 0 Å². The Morgan fingerprint density at radius 3 is 2.16 bits per heavy atom. The molecule has 3 amide bonds. The van der Waals surface area contributed by atoms with Crippen LogP contribution in [0.2, 0.25) is 5.02 Å². The van der Waals surface area contributed by atoms with Gasteiger partial charge in [0.15, 0.2) is 0 Å². The third-order valence-electron chi connectivity index (χ3n) is 9.58. The topological polar surface area (TPSA) is 85.0 Å². The minimum absolute atomic E-state index is 0.0195. The monoisotopic (exact) mass is 621 g/mol. The average Bonchev–Trinajstić information content (AvgIpc) is 3.03. The second-order valence-electron chi connectivity index (χ2n) is 13.2. The van der Waals surface area contributed by atoms with Crippen LogP contribution in [-0.4, -0.2) is 89.8 Å². The molecule has 44 heavy (non-hydrogen) atoms. The molecule has 0 radical (unpaired) electrons. The molecule has 2 fully saturated rings. The van der Waals surface area contributed by atoms with Crippen LogP contribution >= 0.6 is 11.6 Å². The third-order valence-corrected chi connectivity index (χ3v) is 9.83. The predicted molar refractivity (Wildman–Crippen MR) is 174 cm³/mol. The number of benzene rings is 2. The van der Waals surface area contributed by atoms with Crippen LogP contribution in [0.4, 0.5) is 0 Å². The summed E-state index contributed by atoms with van der Waals surface area (Å²) in [5.41, 5.74) is 3.12. The fourth-order valence-electron chi connectivity index (χ4n) is 7.23. The molecule has 8 nitrogen and oxygen atoms in total. The van der Waals surface area contributed by atoms with Crippen LogP contribution < -0.4 is 10.6 Å². The number of halogens is 1. The number of fused-ring (bicyclic) bond motifs is 1. The minimum atomic E-state index is -0.656. The summed E-state index contributed by atoms with van der Waals surface area (Å²) in [5, 5.41) is 7.17. The molecule has 0 saturated carbocycles. The number of carbonyl (C=O) groups is 3. The number of carbonyl (C=O) groups excluding carboxylic acids is 3. The third kappa shape index (κ3) is 8.01. The highest BCUT2D eigenvalue weighted by atomic mass is 35.5. The summed E-state index contributed by atoms with van der Waals surface area (Å²) in [6.45, 7) is 11.5. The summed E-state index contributed by atoms with van der Waals surface area (Å²) >= 11 is 6.14. The highest BCUT2D eigenvalue weighted by Gasteiger charge is 2.36. The molecule has 5 rings (SSSR count). The first-order chi connectivity index (χ1) is 21.2. The molecule has 2 N–H and O–H groups in total. The van der Waals surface area contributed by atoms with Crippen molar-refractivity contribution in [3.05, 3.63) is 70.2 Å². The lowest BCUT2D eigenvalue weighted by atomic mass is 9.89. The van der Waals surface area contributed by atoms with E-state index in [-0.39, 0.29) is 23.6 Å².